The van der Waals surface area contributed by atoms with Crippen molar-refractivity contribution >= 4 is 28.1 Å². The van der Waals surface area contributed by atoms with Gasteiger partial charge in [-0.2, -0.15) is 0 Å². The Bertz CT molecular complexity index is 2050. The maximum absolute atomic E-state index is 14.7. The third kappa shape index (κ3) is 7.51. The summed E-state index contributed by atoms with van der Waals surface area (Å²) in [4.78, 5) is 19.4. The lowest BCUT2D eigenvalue weighted by Crippen LogP contribution is -2.35. The first-order valence-electron chi connectivity index (χ1n) is 17.2. The van der Waals surface area contributed by atoms with Crippen LogP contribution in [0.25, 0.3) is 10.8 Å². The molecule has 0 saturated heterocycles. The van der Waals surface area contributed by atoms with Crippen LogP contribution >= 0.6 is 0 Å². The fourth-order valence-electron chi connectivity index (χ4n) is 7.52. The van der Waals surface area contributed by atoms with Crippen LogP contribution in [-0.4, -0.2) is 56.6 Å². The predicted octanol–water partition coefficient (Wildman–Crippen LogP) is 7.61. The lowest BCUT2D eigenvalue weighted by Gasteiger charge is -2.31. The van der Waals surface area contributed by atoms with Crippen molar-refractivity contribution in [1.29, 1.82) is 0 Å². The van der Waals surface area contributed by atoms with Gasteiger partial charge in [0.05, 0.1) is 26.2 Å². The first-order valence-corrected chi connectivity index (χ1v) is 17.2. The van der Waals surface area contributed by atoms with Crippen molar-refractivity contribution in [2.24, 2.45) is 5.92 Å². The number of rotatable bonds is 8. The summed E-state index contributed by atoms with van der Waals surface area (Å²) in [5.41, 5.74) is 4.15. The summed E-state index contributed by atoms with van der Waals surface area (Å²) in [5, 5.41) is 58.7. The van der Waals surface area contributed by atoms with Crippen LogP contribution in [0.15, 0.2) is 79.0 Å². The molecule has 2 bridgehead atoms. The minimum atomic E-state index is -1.01. The van der Waals surface area contributed by atoms with Crippen molar-refractivity contribution in [3.8, 4) is 34.5 Å². The van der Waals surface area contributed by atoms with Gasteiger partial charge in [-0.25, -0.2) is 4.98 Å². The van der Waals surface area contributed by atoms with E-state index in [0.29, 0.717) is 49.2 Å². The average Bonchev–Trinajstić information content (AvgIpc) is 3.13. The molecule has 0 aliphatic carbocycles. The molecule has 0 fully saturated rings. The molecule has 266 valence electrons. The number of ketones is 1. The first-order chi connectivity index (χ1) is 24.6. The Morgan fingerprint density at radius 2 is 1.69 bits per heavy atom. The molecule has 2 heterocycles. The molecular weight excluding hydrogens is 648 g/mol. The zero-order valence-electron chi connectivity index (χ0n) is 29.0. The summed E-state index contributed by atoms with van der Waals surface area (Å²) in [5.74, 6) is -1.17. The van der Waals surface area contributed by atoms with Crippen LogP contribution in [0, 0.1) is 5.92 Å². The summed E-state index contributed by atoms with van der Waals surface area (Å²) in [6, 6.07) is 21.2. The Balaban J connectivity index is 1.45. The lowest BCUT2D eigenvalue weighted by molar-refractivity contribution is -0.128. The summed E-state index contributed by atoms with van der Waals surface area (Å²) in [6.07, 6.45) is 3.08. The normalized spacial score (nSPS) is 18.4. The van der Waals surface area contributed by atoms with Gasteiger partial charge in [0, 0.05) is 18.3 Å². The molecule has 51 heavy (non-hydrogen) atoms. The van der Waals surface area contributed by atoms with Gasteiger partial charge in [-0.15, -0.1) is 0 Å². The molecule has 1 aliphatic rings. The highest BCUT2D eigenvalue weighted by atomic mass is 16.5. The predicted molar refractivity (Wildman–Crippen MR) is 196 cm³/mol. The molecule has 6 rings (SSSR count). The molecule has 0 amide bonds. The van der Waals surface area contributed by atoms with Crippen LogP contribution < -0.4 is 14.8 Å². The van der Waals surface area contributed by atoms with E-state index in [9.17, 15) is 30.3 Å². The van der Waals surface area contributed by atoms with Crippen molar-refractivity contribution < 1.29 is 39.8 Å². The van der Waals surface area contributed by atoms with E-state index in [1.165, 1.54) is 20.3 Å². The summed E-state index contributed by atoms with van der Waals surface area (Å²) in [7, 11) is 2.89. The van der Waals surface area contributed by atoms with E-state index in [0.717, 1.165) is 33.2 Å². The number of nitrogens with zero attached hydrogens (tertiary/aromatic N) is 1. The van der Waals surface area contributed by atoms with Gasteiger partial charge in [0.1, 0.15) is 17.4 Å². The van der Waals surface area contributed by atoms with Crippen LogP contribution in [-0.2, 0) is 17.6 Å². The molecule has 0 saturated carbocycles. The van der Waals surface area contributed by atoms with E-state index in [1.807, 2.05) is 37.3 Å². The smallest absolute Gasteiger partial charge is 0.200 e. The quantitative estimate of drug-likeness (QED) is 0.0893. The summed E-state index contributed by atoms with van der Waals surface area (Å²) >= 11 is 0. The number of ether oxygens (including phenoxy) is 2. The topological polar surface area (TPSA) is 162 Å². The van der Waals surface area contributed by atoms with Crippen molar-refractivity contribution in [1.82, 2.24) is 4.98 Å². The maximum atomic E-state index is 14.7. The number of aryl methyl sites for hydroxylation is 2. The third-order valence-electron chi connectivity index (χ3n) is 10.2. The van der Waals surface area contributed by atoms with Crippen LogP contribution in [0.5, 0.6) is 34.5 Å². The van der Waals surface area contributed by atoms with Crippen molar-refractivity contribution in [2.45, 2.75) is 63.4 Å². The summed E-state index contributed by atoms with van der Waals surface area (Å²) < 4.78 is 10.7. The van der Waals surface area contributed by atoms with Crippen LogP contribution in [0.3, 0.4) is 0 Å². The number of carbonyl (C=O) groups excluding carboxylic acids is 1. The average molecular weight is 693 g/mol. The molecule has 0 unspecified atom stereocenters. The molecule has 4 aromatic carbocycles. The fourth-order valence-corrected chi connectivity index (χ4v) is 7.52. The lowest BCUT2D eigenvalue weighted by atomic mass is 9.74. The van der Waals surface area contributed by atoms with E-state index in [4.69, 9.17) is 9.47 Å². The number of Topliss-reactive ketones (excluding diaryl/α,β-unsaturated/α-hetero) is 1. The molecule has 4 atom stereocenters. The monoisotopic (exact) mass is 692 g/mol. The molecule has 0 radical (unpaired) electrons. The first kappa shape index (κ1) is 35.3. The zero-order chi connectivity index (χ0) is 36.2. The minimum absolute atomic E-state index is 0.0246. The van der Waals surface area contributed by atoms with Crippen molar-refractivity contribution in [3.05, 3.63) is 101 Å². The highest BCUT2D eigenvalue weighted by Gasteiger charge is 2.36. The standard InChI is InChI=1S/C41H44N2O8/c1-4-29-26-15-16-42-39(22-26)43-32-12-8-25-18-28(44)9-11-30(25)31(32)10-7-24(27-20-36(48)41(49)38(21-27)51-3)19-35(47)40(29)34(46)14-6-23-5-13-33(45)37(17-23)50-2/h5,8-9,11-13,15-18,20-22,24,29,34,40,44-46,48-49H,4,6-7,10,14,19H2,1-3H3,(H,42,43)/t24-,29-,34+,40-/m0/s1. The second-order valence-electron chi connectivity index (χ2n) is 13.2. The van der Waals surface area contributed by atoms with Crippen LogP contribution in [0.4, 0.5) is 11.5 Å². The van der Waals surface area contributed by atoms with Crippen molar-refractivity contribution in [3.63, 3.8) is 0 Å². The number of carbonyl (C=O) groups is 1. The molecule has 1 aliphatic heterocycles. The number of phenols is 4. The molecule has 10 nitrogen and oxygen atoms in total. The molecular formula is C41H44N2O8. The number of phenolic OH excluding ortho intramolecular Hbond substituents is 4. The highest BCUT2D eigenvalue weighted by Crippen LogP contribution is 2.43. The zero-order valence-corrected chi connectivity index (χ0v) is 29.0. The van der Waals surface area contributed by atoms with Crippen LogP contribution in [0.2, 0.25) is 0 Å². The Hall–Kier alpha value is -5.48. The van der Waals surface area contributed by atoms with Gasteiger partial charge < -0.3 is 40.3 Å². The van der Waals surface area contributed by atoms with Gasteiger partial charge in [0.2, 0.25) is 5.75 Å². The third-order valence-corrected chi connectivity index (χ3v) is 10.2. The van der Waals surface area contributed by atoms with Gasteiger partial charge in [-0.1, -0.05) is 25.1 Å². The maximum Gasteiger partial charge on any atom is 0.200 e. The number of aliphatic hydroxyl groups excluding tert-OH is 1. The largest absolute Gasteiger partial charge is 0.508 e. The molecule has 10 heteroatoms. The second-order valence-corrected chi connectivity index (χ2v) is 13.2. The number of benzene rings is 4. The van der Waals surface area contributed by atoms with E-state index < -0.39 is 17.9 Å². The Labute approximate surface area is 297 Å². The molecule has 5 aromatic rings. The van der Waals surface area contributed by atoms with E-state index >= 15 is 0 Å². The fraction of sp³-hybridized carbons (Fsp3) is 0.317. The van der Waals surface area contributed by atoms with E-state index in [2.05, 4.69) is 10.3 Å². The molecule has 6 N–H and O–H groups in total. The number of anilines is 2. The number of methoxy groups -OCH3 is 2. The number of aromatic nitrogens is 1. The van der Waals surface area contributed by atoms with Crippen LogP contribution in [0.1, 0.15) is 66.7 Å². The van der Waals surface area contributed by atoms with E-state index in [1.54, 1.807) is 42.6 Å². The Morgan fingerprint density at radius 1 is 0.882 bits per heavy atom. The van der Waals surface area contributed by atoms with Gasteiger partial charge in [-0.3, -0.25) is 4.79 Å². The molecule has 1 aromatic heterocycles. The number of pyridine rings is 1. The number of aliphatic hydroxyl groups is 1. The second kappa shape index (κ2) is 15.2. The number of hydrogen-bond acceptors (Lipinski definition) is 10. The Kier molecular flexibility index (Phi) is 10.5. The number of fused-ring (bicyclic) bond motifs is 5. The van der Waals surface area contributed by atoms with Gasteiger partial charge in [-0.05, 0) is 132 Å². The van der Waals surface area contributed by atoms with Gasteiger partial charge >= 0.3 is 0 Å². The Morgan fingerprint density at radius 3 is 2.45 bits per heavy atom. The van der Waals surface area contributed by atoms with Gasteiger partial charge in [0.15, 0.2) is 23.0 Å². The number of hydrogen-bond donors (Lipinski definition) is 6. The number of nitrogens with one attached hydrogen (secondary N) is 1. The van der Waals surface area contributed by atoms with Crippen molar-refractivity contribution in [2.75, 3.05) is 19.5 Å². The van der Waals surface area contributed by atoms with Gasteiger partial charge in [0.25, 0.3) is 0 Å². The number of aromatic hydroxyl groups is 4. The SMILES string of the molecule is CC[C@H]1c2ccnc(c2)Nc2ccc3cc(O)ccc3c2CC[C@H](c2cc(O)c(O)c(OC)c2)CC(=O)[C@@H]1[C@H](O)CCc1ccc(O)c(OC)c1. The van der Waals surface area contributed by atoms with E-state index in [-0.39, 0.29) is 46.9 Å². The summed E-state index contributed by atoms with van der Waals surface area (Å²) in [6.45, 7) is 2.01. The molecule has 0 spiro atoms. The minimum Gasteiger partial charge on any atom is -0.508 e. The highest BCUT2D eigenvalue weighted by molar-refractivity contribution is 5.92.